The van der Waals surface area contributed by atoms with Gasteiger partial charge in [0.2, 0.25) is 0 Å². The Bertz CT molecular complexity index is 581. The molecule has 0 N–H and O–H groups in total. The van der Waals surface area contributed by atoms with Crippen molar-refractivity contribution in [2.24, 2.45) is 0 Å². The lowest BCUT2D eigenvalue weighted by molar-refractivity contribution is -0.167. The molecule has 1 aromatic carbocycles. The Kier molecular flexibility index (Phi) is 7.48. The highest BCUT2D eigenvalue weighted by Crippen LogP contribution is 2.36. The van der Waals surface area contributed by atoms with Gasteiger partial charge in [-0.15, -0.1) is 0 Å². The molecule has 0 bridgehead atoms. The fourth-order valence-electron chi connectivity index (χ4n) is 2.02. The molecule has 25 heavy (non-hydrogen) atoms. The largest absolute Gasteiger partial charge is 0.468 e. The number of carbonyl (C=O) groups excluding carboxylic acids is 1. The molecule has 0 fully saturated rings. The third kappa shape index (κ3) is 7.17. The van der Waals surface area contributed by atoms with Crippen LogP contribution in [0.1, 0.15) is 39.2 Å². The van der Waals surface area contributed by atoms with Crippen molar-refractivity contribution in [1.82, 2.24) is 0 Å². The summed E-state index contributed by atoms with van der Waals surface area (Å²) < 4.78 is 53.6. The lowest BCUT2D eigenvalue weighted by Crippen LogP contribution is -2.31. The zero-order valence-corrected chi connectivity index (χ0v) is 14.6. The summed E-state index contributed by atoms with van der Waals surface area (Å²) in [6, 6.07) is 6.33. The van der Waals surface area contributed by atoms with Crippen molar-refractivity contribution in [1.29, 1.82) is 0 Å². The first-order valence-corrected chi connectivity index (χ1v) is 7.84. The number of ether oxygens (including phenoxy) is 3. The van der Waals surface area contributed by atoms with Gasteiger partial charge >= 0.3 is 12.1 Å². The number of esters is 1. The maximum Gasteiger partial charge on any atom is 0.389 e. The molecule has 0 spiro atoms. The number of hydrogen-bond acceptors (Lipinski definition) is 4. The Balaban J connectivity index is 2.97. The third-order valence-electron chi connectivity index (χ3n) is 3.53. The van der Waals surface area contributed by atoms with E-state index >= 15 is 0 Å². The van der Waals surface area contributed by atoms with Crippen LogP contribution in [0.15, 0.2) is 36.4 Å². The second kappa shape index (κ2) is 8.89. The highest BCUT2D eigenvalue weighted by molar-refractivity contribution is 5.87. The normalized spacial score (nSPS) is 13.8. The number of halogens is 3. The van der Waals surface area contributed by atoms with Gasteiger partial charge in [0.15, 0.2) is 6.79 Å². The van der Waals surface area contributed by atoms with E-state index in [-0.39, 0.29) is 12.4 Å². The van der Waals surface area contributed by atoms with E-state index in [0.29, 0.717) is 17.9 Å². The minimum Gasteiger partial charge on any atom is -0.468 e. The lowest BCUT2D eigenvalue weighted by atomic mass is 9.90. The van der Waals surface area contributed by atoms with E-state index in [4.69, 9.17) is 14.2 Å². The van der Waals surface area contributed by atoms with Crippen LogP contribution in [0.2, 0.25) is 0 Å². The summed E-state index contributed by atoms with van der Waals surface area (Å²) in [7, 11) is 0. The van der Waals surface area contributed by atoms with E-state index in [1.165, 1.54) is 13.8 Å². The average molecular weight is 360 g/mol. The van der Waals surface area contributed by atoms with Crippen molar-refractivity contribution in [2.45, 2.75) is 45.4 Å². The van der Waals surface area contributed by atoms with E-state index < -0.39 is 30.6 Å². The Morgan fingerprint density at radius 2 is 1.76 bits per heavy atom. The maximum atomic E-state index is 12.6. The van der Waals surface area contributed by atoms with E-state index in [2.05, 4.69) is 6.58 Å². The summed E-state index contributed by atoms with van der Waals surface area (Å²) in [6.45, 7) is 8.77. The monoisotopic (exact) mass is 360 g/mol. The van der Waals surface area contributed by atoms with Crippen LogP contribution in [0.3, 0.4) is 0 Å². The molecule has 0 amide bonds. The summed E-state index contributed by atoms with van der Waals surface area (Å²) >= 11 is 0. The summed E-state index contributed by atoms with van der Waals surface area (Å²) in [6.07, 6.45) is -5.82. The zero-order chi connectivity index (χ0) is 19.1. The Morgan fingerprint density at radius 1 is 1.16 bits per heavy atom. The average Bonchev–Trinajstić information content (AvgIpc) is 2.53. The van der Waals surface area contributed by atoms with Gasteiger partial charge in [0.1, 0.15) is 11.4 Å². The molecule has 1 aromatic rings. The van der Waals surface area contributed by atoms with Gasteiger partial charge in [-0.2, -0.15) is 13.2 Å². The number of alkyl halides is 3. The molecule has 140 valence electrons. The predicted molar refractivity (Wildman–Crippen MR) is 87.1 cm³/mol. The molecule has 0 saturated heterocycles. The van der Waals surface area contributed by atoms with E-state index in [1.807, 2.05) is 6.92 Å². The Labute approximate surface area is 145 Å². The van der Waals surface area contributed by atoms with Crippen LogP contribution < -0.4 is 4.74 Å². The minimum absolute atomic E-state index is 0.0752. The van der Waals surface area contributed by atoms with E-state index in [9.17, 15) is 18.0 Å². The third-order valence-corrected chi connectivity index (χ3v) is 3.53. The summed E-state index contributed by atoms with van der Waals surface area (Å²) in [5, 5.41) is 0. The quantitative estimate of drug-likeness (QED) is 0.276. The molecule has 7 heteroatoms. The van der Waals surface area contributed by atoms with Crippen LogP contribution in [0.4, 0.5) is 13.2 Å². The van der Waals surface area contributed by atoms with Gasteiger partial charge < -0.3 is 14.2 Å². The van der Waals surface area contributed by atoms with Crippen LogP contribution in [-0.4, -0.2) is 25.5 Å². The summed E-state index contributed by atoms with van der Waals surface area (Å²) in [4.78, 5) is 11.9. The molecule has 1 unspecified atom stereocenters. The van der Waals surface area contributed by atoms with Crippen molar-refractivity contribution >= 4 is 5.97 Å². The number of hydrogen-bond donors (Lipinski definition) is 0. The first kappa shape index (κ1) is 21.0. The van der Waals surface area contributed by atoms with Gasteiger partial charge in [-0.3, -0.25) is 0 Å². The predicted octanol–water partition coefficient (Wildman–Crippen LogP) is 4.74. The van der Waals surface area contributed by atoms with E-state index in [1.54, 1.807) is 24.3 Å². The standard InChI is InChI=1S/C18H23F3O4/c1-5-23-12-24-15-8-6-14(7-9-15)17(4,10-11-18(19,20)21)25-16(22)13(2)3/h6-9H,2,5,10-12H2,1,3-4H3. The Hall–Kier alpha value is -2.02. The van der Waals surface area contributed by atoms with E-state index in [0.717, 1.165) is 0 Å². The molecule has 0 saturated carbocycles. The molecule has 0 aliphatic carbocycles. The van der Waals surface area contributed by atoms with Crippen LogP contribution >= 0.6 is 0 Å². The van der Waals surface area contributed by atoms with Crippen molar-refractivity contribution in [3.05, 3.63) is 42.0 Å². The molecule has 0 aromatic heterocycles. The first-order chi connectivity index (χ1) is 11.6. The summed E-state index contributed by atoms with van der Waals surface area (Å²) in [5.74, 6) is -0.233. The fourth-order valence-corrected chi connectivity index (χ4v) is 2.02. The zero-order valence-electron chi connectivity index (χ0n) is 14.6. The van der Waals surface area contributed by atoms with Crippen molar-refractivity contribution in [3.8, 4) is 5.75 Å². The number of carbonyl (C=O) groups is 1. The van der Waals surface area contributed by atoms with Crippen molar-refractivity contribution in [2.75, 3.05) is 13.4 Å². The SMILES string of the molecule is C=C(C)C(=O)OC(C)(CCC(F)(F)F)c1ccc(OCOCC)cc1. The van der Waals surface area contributed by atoms with Gasteiger partial charge in [0, 0.05) is 18.6 Å². The van der Waals surface area contributed by atoms with Gasteiger partial charge in [-0.25, -0.2) is 4.79 Å². The molecule has 0 aliphatic rings. The van der Waals surface area contributed by atoms with Crippen LogP contribution in [0, 0.1) is 0 Å². The maximum absolute atomic E-state index is 12.6. The molecular weight excluding hydrogens is 337 g/mol. The number of benzene rings is 1. The highest BCUT2D eigenvalue weighted by Gasteiger charge is 2.37. The van der Waals surface area contributed by atoms with Crippen LogP contribution in [-0.2, 0) is 19.9 Å². The van der Waals surface area contributed by atoms with Gasteiger partial charge in [-0.1, -0.05) is 18.7 Å². The summed E-state index contributed by atoms with van der Waals surface area (Å²) in [5.41, 5.74) is -0.866. The molecule has 1 atom stereocenters. The van der Waals surface area contributed by atoms with Gasteiger partial charge in [0.25, 0.3) is 0 Å². The lowest BCUT2D eigenvalue weighted by Gasteiger charge is -2.31. The van der Waals surface area contributed by atoms with Crippen molar-refractivity contribution in [3.63, 3.8) is 0 Å². The second-order valence-corrected chi connectivity index (χ2v) is 5.80. The molecule has 0 heterocycles. The van der Waals surface area contributed by atoms with Crippen LogP contribution in [0.25, 0.3) is 0 Å². The topological polar surface area (TPSA) is 44.8 Å². The Morgan fingerprint density at radius 3 is 2.24 bits per heavy atom. The minimum atomic E-state index is -4.35. The fraction of sp³-hybridized carbons (Fsp3) is 0.500. The molecule has 4 nitrogen and oxygen atoms in total. The van der Waals surface area contributed by atoms with Gasteiger partial charge in [-0.05, 0) is 44.9 Å². The molecule has 1 rings (SSSR count). The molecular formula is C18H23F3O4. The van der Waals surface area contributed by atoms with Gasteiger partial charge in [0.05, 0.1) is 0 Å². The number of rotatable bonds is 9. The van der Waals surface area contributed by atoms with Crippen LogP contribution in [0.5, 0.6) is 5.75 Å². The molecule has 0 radical (unpaired) electrons. The van der Waals surface area contributed by atoms with Crippen molar-refractivity contribution < 1.29 is 32.2 Å². The second-order valence-electron chi connectivity index (χ2n) is 5.80. The smallest absolute Gasteiger partial charge is 0.389 e. The first-order valence-electron chi connectivity index (χ1n) is 7.84. The highest BCUT2D eigenvalue weighted by atomic mass is 19.4. The molecule has 0 aliphatic heterocycles.